The number of nitrogens with one attached hydrogen (secondary N) is 1. The summed E-state index contributed by atoms with van der Waals surface area (Å²) in [5, 5.41) is 12.6. The molecule has 0 atom stereocenters. The van der Waals surface area contributed by atoms with Gasteiger partial charge in [-0.15, -0.1) is 0 Å². The molecular formula is C20H23N5O. The highest BCUT2D eigenvalue weighted by molar-refractivity contribution is 5.95. The summed E-state index contributed by atoms with van der Waals surface area (Å²) in [6, 6.07) is 17.2. The minimum Gasteiger partial charge on any atom is -0.378 e. The Morgan fingerprint density at radius 2 is 1.69 bits per heavy atom. The van der Waals surface area contributed by atoms with E-state index in [9.17, 15) is 4.79 Å². The van der Waals surface area contributed by atoms with Gasteiger partial charge in [0.15, 0.2) is 0 Å². The van der Waals surface area contributed by atoms with Crippen LogP contribution in [0.5, 0.6) is 0 Å². The molecule has 0 spiro atoms. The molecule has 0 aromatic heterocycles. The van der Waals surface area contributed by atoms with E-state index in [4.69, 9.17) is 5.26 Å². The molecule has 0 unspecified atom stereocenters. The molecule has 2 aromatic carbocycles. The summed E-state index contributed by atoms with van der Waals surface area (Å²) in [5.41, 5.74) is 6.03. The predicted octanol–water partition coefficient (Wildman–Crippen LogP) is 2.87. The smallest absolute Gasteiger partial charge is 0.271 e. The van der Waals surface area contributed by atoms with Crippen molar-refractivity contribution in [3.63, 3.8) is 0 Å². The highest BCUT2D eigenvalue weighted by atomic mass is 16.2. The molecule has 0 saturated heterocycles. The summed E-state index contributed by atoms with van der Waals surface area (Å²) < 4.78 is 0. The van der Waals surface area contributed by atoms with Crippen molar-refractivity contribution < 1.29 is 4.79 Å². The second-order valence-corrected chi connectivity index (χ2v) is 6.06. The molecular weight excluding hydrogens is 326 g/mol. The van der Waals surface area contributed by atoms with Crippen molar-refractivity contribution >= 4 is 23.5 Å². The molecule has 0 bridgehead atoms. The van der Waals surface area contributed by atoms with E-state index in [1.807, 2.05) is 67.3 Å². The van der Waals surface area contributed by atoms with Gasteiger partial charge in [0.05, 0.1) is 18.7 Å². The number of hydrogen-bond donors (Lipinski definition) is 1. The Morgan fingerprint density at radius 3 is 2.27 bits per heavy atom. The Hall–Kier alpha value is -3.33. The van der Waals surface area contributed by atoms with Crippen LogP contribution in [-0.4, -0.2) is 39.8 Å². The lowest BCUT2D eigenvalue weighted by Gasteiger charge is -2.17. The number of hydrogen-bond acceptors (Lipinski definition) is 5. The van der Waals surface area contributed by atoms with Crippen LogP contribution in [0.4, 0.5) is 11.4 Å². The van der Waals surface area contributed by atoms with Gasteiger partial charge in [-0.3, -0.25) is 4.79 Å². The van der Waals surface area contributed by atoms with Crippen LogP contribution in [0.3, 0.4) is 0 Å². The molecule has 6 nitrogen and oxygen atoms in total. The predicted molar refractivity (Wildman–Crippen MR) is 106 cm³/mol. The Labute approximate surface area is 154 Å². The Balaban J connectivity index is 1.91. The van der Waals surface area contributed by atoms with Gasteiger partial charge in [0.1, 0.15) is 0 Å². The third-order valence-corrected chi connectivity index (χ3v) is 3.92. The highest BCUT2D eigenvalue weighted by Crippen LogP contribution is 2.13. The monoisotopic (exact) mass is 349 g/mol. The van der Waals surface area contributed by atoms with Crippen molar-refractivity contribution in [1.82, 2.24) is 5.43 Å². The molecule has 0 heterocycles. The van der Waals surface area contributed by atoms with E-state index >= 15 is 0 Å². The second kappa shape index (κ2) is 9.23. The van der Waals surface area contributed by atoms with Crippen LogP contribution in [0.1, 0.15) is 22.3 Å². The van der Waals surface area contributed by atoms with Crippen LogP contribution in [0.15, 0.2) is 53.6 Å². The molecule has 1 N–H and O–H groups in total. The number of benzene rings is 2. The van der Waals surface area contributed by atoms with Crippen molar-refractivity contribution in [3.8, 4) is 6.07 Å². The zero-order chi connectivity index (χ0) is 18.9. The first kappa shape index (κ1) is 19.0. The maximum Gasteiger partial charge on any atom is 0.271 e. The maximum atomic E-state index is 12.1. The summed E-state index contributed by atoms with van der Waals surface area (Å²) in [4.78, 5) is 16.1. The summed E-state index contributed by atoms with van der Waals surface area (Å²) in [6.07, 6.45) is 2.09. The molecule has 0 aliphatic rings. The van der Waals surface area contributed by atoms with E-state index < -0.39 is 0 Å². The third kappa shape index (κ3) is 5.35. The lowest BCUT2D eigenvalue weighted by Crippen LogP contribution is -2.18. The van der Waals surface area contributed by atoms with Gasteiger partial charge in [-0.2, -0.15) is 10.4 Å². The van der Waals surface area contributed by atoms with Crippen LogP contribution in [0, 0.1) is 11.3 Å². The van der Waals surface area contributed by atoms with Crippen molar-refractivity contribution in [1.29, 1.82) is 5.26 Å². The van der Waals surface area contributed by atoms with Crippen molar-refractivity contribution in [2.75, 3.05) is 37.5 Å². The molecule has 1 amide bonds. The van der Waals surface area contributed by atoms with Crippen LogP contribution >= 0.6 is 0 Å². The van der Waals surface area contributed by atoms with Gasteiger partial charge in [-0.25, -0.2) is 5.43 Å². The van der Waals surface area contributed by atoms with Gasteiger partial charge in [0.25, 0.3) is 5.91 Å². The van der Waals surface area contributed by atoms with Crippen LogP contribution in [0.2, 0.25) is 0 Å². The summed E-state index contributed by atoms with van der Waals surface area (Å²) in [7, 11) is 5.85. The van der Waals surface area contributed by atoms with Gasteiger partial charge in [-0.05, 0) is 42.0 Å². The van der Waals surface area contributed by atoms with E-state index in [0.29, 0.717) is 18.5 Å². The molecule has 134 valence electrons. The van der Waals surface area contributed by atoms with Crippen molar-refractivity contribution in [2.24, 2.45) is 5.10 Å². The first-order chi connectivity index (χ1) is 12.5. The molecule has 2 aromatic rings. The average Bonchev–Trinajstić information content (AvgIpc) is 2.66. The fraction of sp³-hybridized carbons (Fsp3) is 0.250. The van der Waals surface area contributed by atoms with E-state index in [1.54, 1.807) is 18.3 Å². The zero-order valence-corrected chi connectivity index (χ0v) is 15.3. The molecule has 0 aliphatic heterocycles. The van der Waals surface area contributed by atoms with Crippen molar-refractivity contribution in [2.45, 2.75) is 6.42 Å². The Kier molecular flexibility index (Phi) is 6.75. The standard InChI is InChI=1S/C20H23N5O/c1-24(2)18-11-7-17(8-12-18)20(26)23-22-15-16-5-9-19(10-6-16)25(3)14-4-13-21/h5-12,15H,4,14H2,1-3H3,(H,23,26). The lowest BCUT2D eigenvalue weighted by atomic mass is 10.2. The Bertz CT molecular complexity index is 788. The first-order valence-corrected chi connectivity index (χ1v) is 8.30. The van der Waals surface area contributed by atoms with E-state index in [1.165, 1.54) is 0 Å². The van der Waals surface area contributed by atoms with Gasteiger partial charge in [0.2, 0.25) is 0 Å². The summed E-state index contributed by atoms with van der Waals surface area (Å²) in [6.45, 7) is 0.687. The first-order valence-electron chi connectivity index (χ1n) is 8.30. The highest BCUT2D eigenvalue weighted by Gasteiger charge is 2.04. The number of nitriles is 1. The molecule has 26 heavy (non-hydrogen) atoms. The largest absolute Gasteiger partial charge is 0.378 e. The van der Waals surface area contributed by atoms with Gasteiger partial charge in [0, 0.05) is 44.6 Å². The minimum absolute atomic E-state index is 0.251. The zero-order valence-electron chi connectivity index (χ0n) is 15.3. The Morgan fingerprint density at radius 1 is 1.08 bits per heavy atom. The number of carbonyl (C=O) groups is 1. The van der Waals surface area contributed by atoms with Gasteiger partial charge >= 0.3 is 0 Å². The molecule has 6 heteroatoms. The van der Waals surface area contributed by atoms with E-state index in [-0.39, 0.29) is 5.91 Å². The van der Waals surface area contributed by atoms with Crippen LogP contribution in [0.25, 0.3) is 0 Å². The molecule has 0 saturated carbocycles. The topological polar surface area (TPSA) is 71.7 Å². The van der Waals surface area contributed by atoms with Crippen LogP contribution < -0.4 is 15.2 Å². The average molecular weight is 349 g/mol. The molecule has 2 rings (SSSR count). The normalized spacial score (nSPS) is 10.4. The van der Waals surface area contributed by atoms with Gasteiger partial charge < -0.3 is 9.80 Å². The number of hydrazone groups is 1. The number of rotatable bonds is 7. The summed E-state index contributed by atoms with van der Waals surface area (Å²) >= 11 is 0. The fourth-order valence-corrected chi connectivity index (χ4v) is 2.30. The van der Waals surface area contributed by atoms with E-state index in [2.05, 4.69) is 16.6 Å². The SMILES string of the molecule is CN(C)c1ccc(C(=O)NN=Cc2ccc(N(C)CCC#N)cc2)cc1. The summed E-state index contributed by atoms with van der Waals surface area (Å²) in [5.74, 6) is -0.251. The molecule has 0 fully saturated rings. The van der Waals surface area contributed by atoms with E-state index in [0.717, 1.165) is 16.9 Å². The number of amides is 1. The second-order valence-electron chi connectivity index (χ2n) is 6.06. The van der Waals surface area contributed by atoms with Crippen LogP contribution in [-0.2, 0) is 0 Å². The number of nitrogens with zero attached hydrogens (tertiary/aromatic N) is 4. The van der Waals surface area contributed by atoms with Crippen molar-refractivity contribution in [3.05, 3.63) is 59.7 Å². The number of anilines is 2. The minimum atomic E-state index is -0.251. The lowest BCUT2D eigenvalue weighted by molar-refractivity contribution is 0.0955. The fourth-order valence-electron chi connectivity index (χ4n) is 2.30. The number of carbonyl (C=O) groups excluding carboxylic acids is 1. The quantitative estimate of drug-likeness (QED) is 0.616. The maximum absolute atomic E-state index is 12.1. The molecule has 0 radical (unpaired) electrons. The van der Waals surface area contributed by atoms with Gasteiger partial charge in [-0.1, -0.05) is 12.1 Å². The third-order valence-electron chi connectivity index (χ3n) is 3.92. The molecule has 0 aliphatic carbocycles.